The van der Waals surface area contributed by atoms with Crippen LogP contribution in [0, 0.1) is 0 Å². The molecule has 31 heavy (non-hydrogen) atoms. The third-order valence-corrected chi connectivity index (χ3v) is 6.40. The van der Waals surface area contributed by atoms with Crippen molar-refractivity contribution in [3.63, 3.8) is 0 Å². The second-order valence-electron chi connectivity index (χ2n) is 7.90. The predicted molar refractivity (Wildman–Crippen MR) is 135 cm³/mol. The largest absolute Gasteiger partial charge is 0.450 e. The Bertz CT molecular complexity index is 735. The van der Waals surface area contributed by atoms with Crippen molar-refractivity contribution >= 4 is 47.6 Å². The SMILES string of the molecule is CCOC(=O)N1CCC(NC(=NC)NCC2(c3ccccc3Cl)CCOCC2)CC1.I. The Morgan fingerprint density at radius 3 is 2.58 bits per heavy atom. The second kappa shape index (κ2) is 12.7. The first kappa shape index (κ1) is 26.0. The van der Waals surface area contributed by atoms with Crippen LogP contribution in [-0.2, 0) is 14.9 Å². The summed E-state index contributed by atoms with van der Waals surface area (Å²) in [5.74, 6) is 0.780. The van der Waals surface area contributed by atoms with Gasteiger partial charge in [-0.3, -0.25) is 4.99 Å². The Morgan fingerprint density at radius 2 is 1.97 bits per heavy atom. The van der Waals surface area contributed by atoms with Crippen LogP contribution in [0.4, 0.5) is 4.79 Å². The summed E-state index contributed by atoms with van der Waals surface area (Å²) in [6, 6.07) is 8.36. The highest BCUT2D eigenvalue weighted by Gasteiger charge is 2.36. The fourth-order valence-electron chi connectivity index (χ4n) is 4.26. The Labute approximate surface area is 207 Å². The van der Waals surface area contributed by atoms with Crippen molar-refractivity contribution in [1.29, 1.82) is 0 Å². The summed E-state index contributed by atoms with van der Waals surface area (Å²) in [4.78, 5) is 18.1. The third-order valence-electron chi connectivity index (χ3n) is 6.07. The number of carbonyl (C=O) groups excluding carboxylic acids is 1. The van der Waals surface area contributed by atoms with Gasteiger partial charge in [-0.05, 0) is 44.2 Å². The summed E-state index contributed by atoms with van der Waals surface area (Å²) in [5, 5.41) is 7.84. The van der Waals surface area contributed by atoms with Crippen LogP contribution >= 0.6 is 35.6 Å². The number of ether oxygens (including phenoxy) is 2. The van der Waals surface area contributed by atoms with Crippen molar-refractivity contribution in [1.82, 2.24) is 15.5 Å². The topological polar surface area (TPSA) is 75.2 Å². The van der Waals surface area contributed by atoms with Crippen molar-refractivity contribution in [2.24, 2.45) is 4.99 Å². The van der Waals surface area contributed by atoms with Crippen molar-refractivity contribution < 1.29 is 14.3 Å². The van der Waals surface area contributed by atoms with Gasteiger partial charge in [-0.25, -0.2) is 4.79 Å². The Balaban J connectivity index is 0.00000341. The lowest BCUT2D eigenvalue weighted by Gasteiger charge is -2.39. The van der Waals surface area contributed by atoms with Crippen LogP contribution in [0.5, 0.6) is 0 Å². The van der Waals surface area contributed by atoms with E-state index in [4.69, 9.17) is 21.1 Å². The lowest BCUT2D eigenvalue weighted by atomic mass is 9.74. The van der Waals surface area contributed by atoms with Gasteiger partial charge in [0.05, 0.1) is 6.61 Å². The number of aliphatic imine (C=N–C) groups is 1. The zero-order chi connectivity index (χ0) is 21.4. The van der Waals surface area contributed by atoms with Crippen molar-refractivity contribution in [2.75, 3.05) is 46.5 Å². The highest BCUT2D eigenvalue weighted by molar-refractivity contribution is 14.0. The quantitative estimate of drug-likeness (QED) is 0.323. The Morgan fingerprint density at radius 1 is 1.29 bits per heavy atom. The monoisotopic (exact) mass is 564 g/mol. The molecule has 0 aromatic heterocycles. The zero-order valence-corrected chi connectivity index (χ0v) is 21.4. The molecular weight excluding hydrogens is 531 g/mol. The second-order valence-corrected chi connectivity index (χ2v) is 8.31. The molecule has 9 heteroatoms. The number of likely N-dealkylation sites (tertiary alicyclic amines) is 1. The van der Waals surface area contributed by atoms with E-state index in [9.17, 15) is 4.79 Å². The molecule has 174 valence electrons. The first-order chi connectivity index (χ1) is 14.6. The van der Waals surface area contributed by atoms with Crippen LogP contribution in [0.15, 0.2) is 29.3 Å². The smallest absolute Gasteiger partial charge is 0.409 e. The van der Waals surface area contributed by atoms with Crippen LogP contribution in [0.1, 0.15) is 38.2 Å². The number of nitrogens with one attached hydrogen (secondary N) is 2. The van der Waals surface area contributed by atoms with Gasteiger partial charge in [-0.15, -0.1) is 24.0 Å². The summed E-state index contributed by atoms with van der Waals surface area (Å²) in [6.07, 6.45) is 3.34. The summed E-state index contributed by atoms with van der Waals surface area (Å²) in [7, 11) is 1.79. The van der Waals surface area contributed by atoms with Gasteiger partial charge >= 0.3 is 6.09 Å². The predicted octanol–water partition coefficient (Wildman–Crippen LogP) is 3.79. The fourth-order valence-corrected chi connectivity index (χ4v) is 4.59. The minimum absolute atomic E-state index is 0. The van der Waals surface area contributed by atoms with Crippen LogP contribution in [0.2, 0.25) is 5.02 Å². The lowest BCUT2D eigenvalue weighted by molar-refractivity contribution is 0.0513. The zero-order valence-electron chi connectivity index (χ0n) is 18.4. The van der Waals surface area contributed by atoms with E-state index in [0.717, 1.165) is 56.4 Å². The maximum atomic E-state index is 11.9. The molecule has 2 aliphatic rings. The minimum atomic E-state index is -0.223. The molecule has 0 unspecified atom stereocenters. The molecule has 1 aromatic rings. The first-order valence-corrected chi connectivity index (χ1v) is 11.2. The highest BCUT2D eigenvalue weighted by Crippen LogP contribution is 2.38. The van der Waals surface area contributed by atoms with E-state index >= 15 is 0 Å². The number of benzene rings is 1. The number of piperidine rings is 1. The molecule has 2 aliphatic heterocycles. The number of hydrogen-bond acceptors (Lipinski definition) is 4. The summed E-state index contributed by atoms with van der Waals surface area (Å²) >= 11 is 6.56. The molecule has 0 saturated carbocycles. The van der Waals surface area contributed by atoms with Crippen molar-refractivity contribution in [3.05, 3.63) is 34.9 Å². The number of halogens is 2. The highest BCUT2D eigenvalue weighted by atomic mass is 127. The van der Waals surface area contributed by atoms with Gasteiger partial charge in [0.15, 0.2) is 5.96 Å². The molecule has 2 heterocycles. The molecule has 1 amide bonds. The van der Waals surface area contributed by atoms with E-state index < -0.39 is 0 Å². The molecule has 2 fully saturated rings. The minimum Gasteiger partial charge on any atom is -0.450 e. The van der Waals surface area contributed by atoms with Crippen molar-refractivity contribution in [2.45, 2.75) is 44.1 Å². The van der Waals surface area contributed by atoms with Crippen LogP contribution in [0.25, 0.3) is 0 Å². The number of rotatable bonds is 5. The molecule has 3 rings (SSSR count). The fraction of sp³-hybridized carbons (Fsp3) is 0.636. The van der Waals surface area contributed by atoms with Crippen LogP contribution < -0.4 is 10.6 Å². The molecule has 7 nitrogen and oxygen atoms in total. The van der Waals surface area contributed by atoms with Gasteiger partial charge in [0.25, 0.3) is 0 Å². The van der Waals surface area contributed by atoms with E-state index in [1.165, 1.54) is 5.56 Å². The summed E-state index contributed by atoms with van der Waals surface area (Å²) < 4.78 is 10.7. The molecule has 0 spiro atoms. The number of guanidine groups is 1. The number of amides is 1. The standard InChI is InChI=1S/C22H33ClN4O3.HI/c1-3-30-21(28)27-12-8-17(9-13-27)26-20(24-2)25-16-22(10-14-29-15-11-22)18-6-4-5-7-19(18)23;/h4-7,17H,3,8-16H2,1-2H3,(H2,24,25,26);1H. The molecule has 2 N–H and O–H groups in total. The molecule has 1 aromatic carbocycles. The Hall–Kier alpha value is -1.26. The van der Waals surface area contributed by atoms with E-state index in [1.807, 2.05) is 25.1 Å². The molecular formula is C22H34ClIN4O3. The molecule has 2 saturated heterocycles. The van der Waals surface area contributed by atoms with Gasteiger partial charge < -0.3 is 25.0 Å². The molecule has 0 radical (unpaired) electrons. The van der Waals surface area contributed by atoms with Gasteiger partial charge in [0, 0.05) is 56.4 Å². The molecule has 0 bridgehead atoms. The van der Waals surface area contributed by atoms with E-state index in [0.29, 0.717) is 19.7 Å². The average molecular weight is 565 g/mol. The molecule has 0 aliphatic carbocycles. The Kier molecular flexibility index (Phi) is 10.6. The van der Waals surface area contributed by atoms with Crippen LogP contribution in [-0.4, -0.2) is 69.5 Å². The van der Waals surface area contributed by atoms with E-state index in [2.05, 4.69) is 21.7 Å². The van der Waals surface area contributed by atoms with Gasteiger partial charge in [-0.1, -0.05) is 29.8 Å². The average Bonchev–Trinajstić information content (AvgIpc) is 2.78. The summed E-state index contributed by atoms with van der Waals surface area (Å²) in [6.45, 7) is 5.81. The maximum Gasteiger partial charge on any atom is 0.409 e. The van der Waals surface area contributed by atoms with Gasteiger partial charge in [0.2, 0.25) is 0 Å². The van der Waals surface area contributed by atoms with Crippen LogP contribution in [0.3, 0.4) is 0 Å². The first-order valence-electron chi connectivity index (χ1n) is 10.8. The number of hydrogen-bond donors (Lipinski definition) is 2. The number of carbonyl (C=O) groups is 1. The van der Waals surface area contributed by atoms with Gasteiger partial charge in [-0.2, -0.15) is 0 Å². The molecule has 0 atom stereocenters. The van der Waals surface area contributed by atoms with Crippen molar-refractivity contribution in [3.8, 4) is 0 Å². The van der Waals surface area contributed by atoms with Gasteiger partial charge in [0.1, 0.15) is 0 Å². The number of nitrogens with zero attached hydrogens (tertiary/aromatic N) is 2. The normalized spacial score (nSPS) is 19.3. The lowest BCUT2D eigenvalue weighted by Crippen LogP contribution is -2.52. The van der Waals surface area contributed by atoms with E-state index in [-0.39, 0.29) is 41.5 Å². The maximum absolute atomic E-state index is 11.9. The summed E-state index contributed by atoms with van der Waals surface area (Å²) in [5.41, 5.74) is 1.09. The third kappa shape index (κ3) is 6.86. The van der Waals surface area contributed by atoms with E-state index in [1.54, 1.807) is 11.9 Å².